The van der Waals surface area contributed by atoms with Crippen molar-refractivity contribution in [1.29, 1.82) is 0 Å². The van der Waals surface area contributed by atoms with E-state index in [0.29, 0.717) is 33.9 Å². The van der Waals surface area contributed by atoms with Gasteiger partial charge in [0.05, 0.1) is 17.5 Å². The van der Waals surface area contributed by atoms with Crippen LogP contribution in [0.25, 0.3) is 0 Å². The molecule has 2 heterocycles. The van der Waals surface area contributed by atoms with E-state index < -0.39 is 11.2 Å². The minimum atomic E-state index is -0.647. The van der Waals surface area contributed by atoms with Gasteiger partial charge in [0.15, 0.2) is 16.7 Å². The number of amidine groups is 1. The number of fused-ring (bicyclic) bond motifs is 1. The van der Waals surface area contributed by atoms with Crippen molar-refractivity contribution < 1.29 is 19.1 Å². The number of aliphatic imine (C=N–C) groups is 1. The SMILES string of the molecule is NC(=O)C1CC(=O)N(Cc2ccc3c(c2)OCO3)C(=Nc2ccc(Cl)cc2)S1. The van der Waals surface area contributed by atoms with E-state index in [1.807, 2.05) is 18.2 Å². The predicted molar refractivity (Wildman–Crippen MR) is 107 cm³/mol. The number of halogens is 1. The number of rotatable bonds is 4. The van der Waals surface area contributed by atoms with E-state index in [0.717, 1.165) is 5.56 Å². The topological polar surface area (TPSA) is 94.2 Å². The van der Waals surface area contributed by atoms with Gasteiger partial charge in [-0.25, -0.2) is 4.99 Å². The summed E-state index contributed by atoms with van der Waals surface area (Å²) in [6.07, 6.45) is 0.0319. The maximum Gasteiger partial charge on any atom is 0.231 e. The normalized spacial score (nSPS) is 19.9. The zero-order chi connectivity index (χ0) is 19.7. The van der Waals surface area contributed by atoms with Gasteiger partial charge in [-0.2, -0.15) is 0 Å². The summed E-state index contributed by atoms with van der Waals surface area (Å²) < 4.78 is 10.7. The summed E-state index contributed by atoms with van der Waals surface area (Å²) in [7, 11) is 0. The fourth-order valence-corrected chi connectivity index (χ4v) is 4.03. The van der Waals surface area contributed by atoms with Crippen molar-refractivity contribution in [3.8, 4) is 11.5 Å². The minimum absolute atomic E-state index is 0.0319. The number of ether oxygens (including phenoxy) is 2. The Balaban J connectivity index is 1.64. The Morgan fingerprint density at radius 3 is 2.71 bits per heavy atom. The van der Waals surface area contributed by atoms with E-state index in [9.17, 15) is 9.59 Å². The van der Waals surface area contributed by atoms with Crippen molar-refractivity contribution in [2.75, 3.05) is 6.79 Å². The third-order valence-corrected chi connectivity index (χ3v) is 5.74. The highest BCUT2D eigenvalue weighted by Gasteiger charge is 2.35. The van der Waals surface area contributed by atoms with Gasteiger partial charge in [0, 0.05) is 11.4 Å². The summed E-state index contributed by atoms with van der Waals surface area (Å²) in [5, 5.41) is 0.357. The molecule has 0 bridgehead atoms. The Kier molecular flexibility index (Phi) is 5.15. The van der Waals surface area contributed by atoms with Gasteiger partial charge in [0.25, 0.3) is 0 Å². The van der Waals surface area contributed by atoms with Crippen molar-refractivity contribution in [2.24, 2.45) is 10.7 Å². The van der Waals surface area contributed by atoms with Gasteiger partial charge >= 0.3 is 0 Å². The molecule has 4 rings (SSSR count). The first-order valence-electron chi connectivity index (χ1n) is 8.49. The van der Waals surface area contributed by atoms with Crippen molar-refractivity contribution in [3.05, 3.63) is 53.1 Å². The van der Waals surface area contributed by atoms with Crippen LogP contribution in [0.5, 0.6) is 11.5 Å². The average Bonchev–Trinajstić information content (AvgIpc) is 3.13. The van der Waals surface area contributed by atoms with Crippen LogP contribution in [0.1, 0.15) is 12.0 Å². The number of hydrogen-bond donors (Lipinski definition) is 1. The van der Waals surface area contributed by atoms with Gasteiger partial charge in [-0.3, -0.25) is 14.5 Å². The van der Waals surface area contributed by atoms with Crippen LogP contribution in [0.2, 0.25) is 5.02 Å². The standard InChI is InChI=1S/C19H16ClN3O4S/c20-12-2-4-13(5-3-12)22-19-23(17(24)8-16(28-19)18(21)25)9-11-1-6-14-15(7-11)27-10-26-14/h1-7,16H,8-10H2,(H2,21,25). The van der Waals surface area contributed by atoms with Crippen LogP contribution in [-0.2, 0) is 16.1 Å². The molecule has 2 aliphatic heterocycles. The molecule has 1 saturated heterocycles. The molecule has 0 saturated carbocycles. The lowest BCUT2D eigenvalue weighted by Crippen LogP contribution is -2.45. The maximum absolute atomic E-state index is 12.7. The van der Waals surface area contributed by atoms with Crippen LogP contribution in [-0.4, -0.2) is 33.9 Å². The molecule has 9 heteroatoms. The van der Waals surface area contributed by atoms with Crippen LogP contribution in [0.4, 0.5) is 5.69 Å². The number of nitrogens with two attached hydrogens (primary N) is 1. The van der Waals surface area contributed by atoms with Crippen LogP contribution >= 0.6 is 23.4 Å². The van der Waals surface area contributed by atoms with Crippen LogP contribution in [0, 0.1) is 0 Å². The molecule has 28 heavy (non-hydrogen) atoms. The zero-order valence-electron chi connectivity index (χ0n) is 14.6. The molecule has 0 spiro atoms. The van der Waals surface area contributed by atoms with Gasteiger partial charge in [-0.05, 0) is 42.0 Å². The van der Waals surface area contributed by atoms with E-state index in [1.165, 1.54) is 11.8 Å². The van der Waals surface area contributed by atoms with Crippen LogP contribution < -0.4 is 15.2 Å². The summed E-state index contributed by atoms with van der Waals surface area (Å²) >= 11 is 7.11. The molecule has 2 aromatic carbocycles. The average molecular weight is 418 g/mol. The molecule has 0 aromatic heterocycles. The predicted octanol–water partition coefficient (Wildman–Crippen LogP) is 3.08. The fraction of sp³-hybridized carbons (Fsp3) is 0.211. The maximum atomic E-state index is 12.7. The number of carbonyl (C=O) groups is 2. The molecule has 144 valence electrons. The highest BCUT2D eigenvalue weighted by Crippen LogP contribution is 2.34. The summed E-state index contributed by atoms with van der Waals surface area (Å²) in [4.78, 5) is 30.5. The Morgan fingerprint density at radius 2 is 1.96 bits per heavy atom. The van der Waals surface area contributed by atoms with Crippen molar-refractivity contribution >= 4 is 46.0 Å². The minimum Gasteiger partial charge on any atom is -0.454 e. The highest BCUT2D eigenvalue weighted by atomic mass is 35.5. The van der Waals surface area contributed by atoms with E-state index >= 15 is 0 Å². The summed E-state index contributed by atoms with van der Waals surface area (Å²) in [6.45, 7) is 0.473. The number of hydrogen-bond acceptors (Lipinski definition) is 6. The molecular formula is C19H16ClN3O4S. The lowest BCUT2D eigenvalue weighted by Gasteiger charge is -2.31. The molecule has 0 radical (unpaired) electrons. The van der Waals surface area contributed by atoms with Gasteiger partial charge in [0.2, 0.25) is 18.6 Å². The molecular weight excluding hydrogens is 402 g/mol. The first-order chi connectivity index (χ1) is 13.5. The summed E-state index contributed by atoms with van der Waals surface area (Å²) in [5.41, 5.74) is 6.92. The third kappa shape index (κ3) is 3.93. The molecule has 0 aliphatic carbocycles. The van der Waals surface area contributed by atoms with Crippen molar-refractivity contribution in [1.82, 2.24) is 4.90 Å². The Bertz CT molecular complexity index is 964. The monoisotopic (exact) mass is 417 g/mol. The van der Waals surface area contributed by atoms with E-state index in [1.54, 1.807) is 29.2 Å². The first-order valence-corrected chi connectivity index (χ1v) is 9.74. The first kappa shape index (κ1) is 18.6. The molecule has 1 atom stereocenters. The molecule has 2 N–H and O–H groups in total. The third-order valence-electron chi connectivity index (χ3n) is 4.29. The molecule has 2 aliphatic rings. The second-order valence-electron chi connectivity index (χ2n) is 6.25. The van der Waals surface area contributed by atoms with E-state index in [-0.39, 0.29) is 19.1 Å². The van der Waals surface area contributed by atoms with Gasteiger partial charge in [-0.15, -0.1) is 0 Å². The number of benzene rings is 2. The number of nitrogens with zero attached hydrogens (tertiary/aromatic N) is 2. The largest absolute Gasteiger partial charge is 0.454 e. The van der Waals surface area contributed by atoms with Gasteiger partial charge in [0.1, 0.15) is 0 Å². The zero-order valence-corrected chi connectivity index (χ0v) is 16.2. The molecule has 1 unspecified atom stereocenters. The second kappa shape index (κ2) is 7.73. The molecule has 2 aromatic rings. The number of thioether (sulfide) groups is 1. The number of primary amides is 1. The Morgan fingerprint density at radius 1 is 1.21 bits per heavy atom. The lowest BCUT2D eigenvalue weighted by molar-refractivity contribution is -0.130. The van der Waals surface area contributed by atoms with E-state index in [2.05, 4.69) is 4.99 Å². The second-order valence-corrected chi connectivity index (χ2v) is 7.86. The molecule has 1 fully saturated rings. The molecule has 2 amide bonds. The number of carbonyl (C=O) groups excluding carboxylic acids is 2. The quantitative estimate of drug-likeness (QED) is 0.824. The molecule has 7 nitrogen and oxygen atoms in total. The highest BCUT2D eigenvalue weighted by molar-refractivity contribution is 8.15. The lowest BCUT2D eigenvalue weighted by atomic mass is 10.1. The van der Waals surface area contributed by atoms with Crippen LogP contribution in [0.3, 0.4) is 0 Å². The smallest absolute Gasteiger partial charge is 0.231 e. The fourth-order valence-electron chi connectivity index (χ4n) is 2.86. The van der Waals surface area contributed by atoms with Gasteiger partial charge in [-0.1, -0.05) is 29.4 Å². The Labute approximate surface area is 170 Å². The summed E-state index contributed by atoms with van der Waals surface area (Å²) in [6, 6.07) is 12.4. The van der Waals surface area contributed by atoms with Gasteiger partial charge < -0.3 is 15.2 Å². The van der Waals surface area contributed by atoms with Crippen LogP contribution in [0.15, 0.2) is 47.5 Å². The Hall–Kier alpha value is -2.71. The van der Waals surface area contributed by atoms with Crippen molar-refractivity contribution in [2.45, 2.75) is 18.2 Å². The van der Waals surface area contributed by atoms with Crippen molar-refractivity contribution in [3.63, 3.8) is 0 Å². The number of amides is 2. The summed E-state index contributed by atoms with van der Waals surface area (Å²) in [5.74, 6) is 0.561. The van der Waals surface area contributed by atoms with E-state index in [4.69, 9.17) is 26.8 Å².